The summed E-state index contributed by atoms with van der Waals surface area (Å²) >= 11 is 2.43. The van der Waals surface area contributed by atoms with E-state index in [4.69, 9.17) is 52.1 Å². The number of likely N-dealkylation sites (N-methyl/N-ethyl adjacent to an activating group) is 1. The molecule has 6 amide bonds. The highest BCUT2D eigenvalue weighted by atomic mass is 32.2. The fourth-order valence-corrected chi connectivity index (χ4v) is 14.0. The first-order valence-corrected chi connectivity index (χ1v) is 41.9. The van der Waals surface area contributed by atoms with Crippen LogP contribution in [-0.2, 0) is 108 Å². The lowest BCUT2D eigenvalue weighted by Gasteiger charge is -2.44. The van der Waals surface area contributed by atoms with Crippen LogP contribution >= 0.6 is 23.1 Å². The number of rotatable bonds is 65. The number of phenolic OH excluding ortho intramolecular Hbond substituents is 1. The number of benzene rings is 2. The average Bonchev–Trinajstić information content (AvgIpc) is 1.02. The molecule has 3 aromatic rings. The molecule has 1 saturated heterocycles. The molecular weight excluding hydrogens is 1520 g/mol. The molecule has 0 aliphatic carbocycles. The molecule has 0 radical (unpaired) electrons. The minimum atomic E-state index is -1.02. The number of carbonyl (C=O) groups excluding carboxylic acids is 9. The lowest BCUT2D eigenvalue weighted by molar-refractivity contribution is -0.940. The highest BCUT2D eigenvalue weighted by Gasteiger charge is 2.46. The number of nitrogens with zero attached hydrogens (tertiary/aromatic N) is 4. The number of amides is 6. The van der Waals surface area contributed by atoms with Crippen molar-refractivity contribution in [1.29, 1.82) is 0 Å². The number of esters is 1. The van der Waals surface area contributed by atoms with Gasteiger partial charge in [-0.15, -0.1) is 11.3 Å². The number of carboxylic acid groups (broad SMARTS) is 1. The van der Waals surface area contributed by atoms with Gasteiger partial charge in [0.1, 0.15) is 35.6 Å². The maximum atomic E-state index is 15.0. The number of methoxy groups -OCH3 is 1. The summed E-state index contributed by atoms with van der Waals surface area (Å²) in [5, 5.41) is 29.7. The van der Waals surface area contributed by atoms with Crippen LogP contribution in [-0.4, -0.2) is 284 Å². The Morgan fingerprint density at radius 1 is 0.711 bits per heavy atom. The number of Topliss-reactive ketones (excluding diaryl/α,β-unsaturated/α-hetero) is 2. The van der Waals surface area contributed by atoms with Crippen molar-refractivity contribution in [2.75, 3.05) is 172 Å². The minimum absolute atomic E-state index is 0.0330. The van der Waals surface area contributed by atoms with Crippen LogP contribution in [0.25, 0.3) is 0 Å². The van der Waals surface area contributed by atoms with Crippen LogP contribution in [0, 0.1) is 23.7 Å². The van der Waals surface area contributed by atoms with E-state index in [9.17, 15) is 53.4 Å². The Morgan fingerprint density at radius 2 is 1.25 bits per heavy atom. The number of ether oxygens (including phenoxy) is 11. The second kappa shape index (κ2) is 54.9. The van der Waals surface area contributed by atoms with Crippen molar-refractivity contribution in [2.45, 2.75) is 180 Å². The van der Waals surface area contributed by atoms with Crippen LogP contribution in [0.3, 0.4) is 0 Å². The van der Waals surface area contributed by atoms with Crippen LogP contribution in [0.4, 0.5) is 5.69 Å². The molecule has 1 fully saturated rings. The van der Waals surface area contributed by atoms with Gasteiger partial charge in [-0.1, -0.05) is 78.1 Å². The molecule has 32 heteroatoms. The zero-order valence-corrected chi connectivity index (χ0v) is 71.1. The predicted octanol–water partition coefficient (Wildman–Crippen LogP) is 8.46. The zero-order valence-electron chi connectivity index (χ0n) is 69.5. The van der Waals surface area contributed by atoms with E-state index in [-0.39, 0.29) is 141 Å². The molecule has 4 rings (SSSR count). The molecule has 2 heterocycles. The number of thiazole rings is 1. The summed E-state index contributed by atoms with van der Waals surface area (Å²) < 4.78 is 60.5. The number of aliphatic carboxylic acids is 1. The minimum Gasteiger partial charge on any atom is -0.508 e. The molecule has 30 nitrogen and oxygen atoms in total. The number of aromatic hydroxyl groups is 1. The maximum Gasteiger partial charge on any atom is 0.306 e. The van der Waals surface area contributed by atoms with E-state index in [0.29, 0.717) is 149 Å². The Balaban J connectivity index is 1.25. The van der Waals surface area contributed by atoms with Gasteiger partial charge in [-0.25, -0.2) is 4.98 Å². The van der Waals surface area contributed by atoms with Gasteiger partial charge in [-0.05, 0) is 93.9 Å². The van der Waals surface area contributed by atoms with Crippen molar-refractivity contribution in [3.8, 4) is 5.75 Å². The number of carboxylic acids is 1. The van der Waals surface area contributed by atoms with Gasteiger partial charge in [0.05, 0.1) is 144 Å². The first kappa shape index (κ1) is 99.4. The number of aromatic nitrogens is 1. The lowest BCUT2D eigenvalue weighted by atomic mass is 9.80. The Hall–Kier alpha value is -6.92. The Bertz CT molecular complexity index is 3360. The summed E-state index contributed by atoms with van der Waals surface area (Å²) in [7, 11) is 7.23. The van der Waals surface area contributed by atoms with Gasteiger partial charge in [0, 0.05) is 94.4 Å². The van der Waals surface area contributed by atoms with Gasteiger partial charge < -0.3 is 87.7 Å². The van der Waals surface area contributed by atoms with Crippen LogP contribution in [0.5, 0.6) is 5.75 Å². The molecule has 1 aliphatic heterocycles. The van der Waals surface area contributed by atoms with Gasteiger partial charge in [-0.3, -0.25) is 52.8 Å². The van der Waals surface area contributed by atoms with Crippen LogP contribution in [0.1, 0.15) is 165 Å². The maximum absolute atomic E-state index is 15.0. The van der Waals surface area contributed by atoms with Crippen LogP contribution in [0.2, 0.25) is 0 Å². The molecule has 8 atom stereocenters. The second-order valence-electron chi connectivity index (χ2n) is 30.0. The highest BCUT2D eigenvalue weighted by molar-refractivity contribution is 8.00. The number of carbonyl (C=O) groups is 10. The Morgan fingerprint density at radius 3 is 1.75 bits per heavy atom. The third-order valence-corrected chi connectivity index (χ3v) is 22.2. The molecule has 5 N–H and O–H groups in total. The van der Waals surface area contributed by atoms with Gasteiger partial charge >= 0.3 is 11.9 Å². The molecule has 0 saturated carbocycles. The smallest absolute Gasteiger partial charge is 0.306 e. The average molecular weight is 1650 g/mol. The number of thioether (sulfide) groups is 1. The third kappa shape index (κ3) is 37.6. The molecule has 2 aromatic carbocycles. The number of phenols is 1. The summed E-state index contributed by atoms with van der Waals surface area (Å²) in [6, 6.07) is 11.6. The van der Waals surface area contributed by atoms with E-state index in [0.717, 1.165) is 22.5 Å². The molecule has 1 aliphatic rings. The van der Waals surface area contributed by atoms with Crippen molar-refractivity contribution >= 4 is 87.7 Å². The normalized spacial score (nSPS) is 15.1. The van der Waals surface area contributed by atoms with Crippen molar-refractivity contribution in [3.05, 3.63) is 75.7 Å². The van der Waals surface area contributed by atoms with Crippen molar-refractivity contribution in [1.82, 2.24) is 25.4 Å². The first-order chi connectivity index (χ1) is 54.4. The first-order valence-electron chi connectivity index (χ1n) is 39.8. The van der Waals surface area contributed by atoms with Gasteiger partial charge in [0.15, 0.2) is 23.2 Å². The summed E-state index contributed by atoms with van der Waals surface area (Å²) in [4.78, 5) is 141. The van der Waals surface area contributed by atoms with Crippen LogP contribution < -0.4 is 16.0 Å². The molecule has 114 heavy (non-hydrogen) atoms. The van der Waals surface area contributed by atoms with Gasteiger partial charge in [0.2, 0.25) is 29.5 Å². The standard InChI is InChI=1S/C82H129N7O23S2/c1-14-58(4)67(79(98)87(9)70(57(2)3)52-71(112-60(6)90)78-86-69(56-114-78)77(97)84-64(49-59(5)81(100)101)50-61-24-28-65(91)29-25-61)51-73(93)82(7,8)89(10,11)54-62-22-26-63(27-23-62)83-76(96)68(85-74(94)21-18-30-88-75(95)53-72(113-13)80(88)99)20-17-15-16-19-66(92)55-111-48-47-110-46-45-109-44-43-108-42-41-107-40-39-106-38-37-105-36-35-104-34-33-103-32-31-102-12/h22-29,56-59,64,67-68,70-72H,14-21,30-55H2,1-13H3,(H4-,83,84,85,91,94,96,97,100,101)/p+1/t58-,59?,64+,67-,68-,70+,71+,72?/m0/s1. The van der Waals surface area contributed by atoms with E-state index < -0.39 is 76.5 Å². The second-order valence-corrected chi connectivity index (χ2v) is 31.9. The number of unbranched alkanes of at least 4 members (excludes halogenated alkanes) is 2. The monoisotopic (exact) mass is 1640 g/mol. The summed E-state index contributed by atoms with van der Waals surface area (Å²) in [5.74, 6) is -5.87. The largest absolute Gasteiger partial charge is 0.508 e. The van der Waals surface area contributed by atoms with E-state index in [1.165, 1.54) is 35.7 Å². The molecular formula is C82H130N7O23S2+. The van der Waals surface area contributed by atoms with Crippen molar-refractivity contribution in [3.63, 3.8) is 0 Å². The molecule has 2 unspecified atom stereocenters. The number of imide groups is 1. The number of anilines is 1. The number of ketones is 2. The molecule has 642 valence electrons. The number of hydrogen-bond acceptors (Lipinski definition) is 25. The molecule has 0 bridgehead atoms. The predicted molar refractivity (Wildman–Crippen MR) is 432 cm³/mol. The zero-order chi connectivity index (χ0) is 84.0. The number of likely N-dealkylation sites (tertiary alicyclic amines) is 1. The van der Waals surface area contributed by atoms with Crippen LogP contribution in [0.15, 0.2) is 53.9 Å². The van der Waals surface area contributed by atoms with Gasteiger partial charge in [-0.2, -0.15) is 11.8 Å². The fraction of sp³-hybridized carbons (Fsp3) is 0.695. The van der Waals surface area contributed by atoms with Gasteiger partial charge in [0.25, 0.3) is 5.91 Å². The molecule has 1 aromatic heterocycles. The Kier molecular flexibility index (Phi) is 47.9. The highest BCUT2D eigenvalue weighted by Crippen LogP contribution is 2.35. The van der Waals surface area contributed by atoms with Crippen molar-refractivity contribution in [2.24, 2.45) is 23.7 Å². The Labute approximate surface area is 682 Å². The van der Waals surface area contributed by atoms with E-state index in [2.05, 4.69) is 20.9 Å². The topological polar surface area (TPSA) is 368 Å². The lowest BCUT2D eigenvalue weighted by Crippen LogP contribution is -2.60. The van der Waals surface area contributed by atoms with E-state index in [1.807, 2.05) is 67.8 Å². The molecule has 0 spiro atoms. The van der Waals surface area contributed by atoms with E-state index in [1.54, 1.807) is 61.9 Å². The number of quaternary nitrogens is 1. The summed E-state index contributed by atoms with van der Waals surface area (Å²) in [5.41, 5.74) is 1.11. The SMILES string of the molecule is CC[C@H](C)[C@H](CC(=O)C(C)(C)[N+](C)(C)Cc1ccc(NC(=O)[C@H](CCCCCC(=O)COCCOCCOCCOCCOCCOCCOCCOCCOCCOC)NC(=O)CCCN2C(=O)CC(SC)C2=O)cc1)C(=O)N(C)[C@H](C[C@@H](OC(C)=O)c1nc(C(=O)N[C@@H](Cc2ccc(O)cc2)CC(C)C(=O)O)cs1)C(C)C. The fourth-order valence-electron chi connectivity index (χ4n) is 12.6. The summed E-state index contributed by atoms with van der Waals surface area (Å²) in [6.45, 7) is 22.6. The number of hydrogen-bond donors (Lipinski definition) is 5. The third-order valence-electron chi connectivity index (χ3n) is 20.3. The number of nitrogens with one attached hydrogen (secondary N) is 3. The summed E-state index contributed by atoms with van der Waals surface area (Å²) in [6.07, 6.45) is 4.32. The van der Waals surface area contributed by atoms with E-state index >= 15 is 4.79 Å². The van der Waals surface area contributed by atoms with Crippen molar-refractivity contribution < 1.29 is 115 Å². The quantitative estimate of drug-likeness (QED) is 0.0153.